The SMILES string of the molecule is [2H]N[C@@H](CC(C)C)C(=O)C(O)C(=O)[C@@H](O)[C@H](O)[C@H](O)CO. The predicted molar refractivity (Wildman–Crippen MR) is 68.6 cm³/mol. The molecule has 7 N–H and O–H groups in total. The maximum Gasteiger partial charge on any atom is 0.200 e. The van der Waals surface area contributed by atoms with E-state index in [9.17, 15) is 24.9 Å². The van der Waals surface area contributed by atoms with Crippen molar-refractivity contribution in [1.82, 2.24) is 0 Å². The third-order valence-electron chi connectivity index (χ3n) is 2.79. The van der Waals surface area contributed by atoms with Crippen molar-refractivity contribution in [2.75, 3.05) is 6.61 Å². The van der Waals surface area contributed by atoms with E-state index in [0.717, 1.165) is 0 Å². The van der Waals surface area contributed by atoms with Crippen LogP contribution in [0.4, 0.5) is 0 Å². The standard InChI is InChI=1S/C12H23NO7/c1-5(2)3-6(13)8(16)10(18)12(20)11(19)9(17)7(15)4-14/h5-7,9-11,14-15,17-19H,3-4,13H2,1-2H3/t6-,7+,9+,10?,11-/m0/s1/i/hD. The zero-order valence-electron chi connectivity index (χ0n) is 12.4. The van der Waals surface area contributed by atoms with Crippen molar-refractivity contribution in [3.8, 4) is 0 Å². The molecule has 0 aliphatic rings. The van der Waals surface area contributed by atoms with Crippen LogP contribution >= 0.6 is 0 Å². The molecule has 0 aromatic carbocycles. The fraction of sp³-hybridized carbons (Fsp3) is 0.833. The van der Waals surface area contributed by atoms with Gasteiger partial charge < -0.3 is 31.3 Å². The van der Waals surface area contributed by atoms with Gasteiger partial charge in [-0.3, -0.25) is 9.59 Å². The quantitative estimate of drug-likeness (QED) is 0.231. The Bertz CT molecular complexity index is 352. The van der Waals surface area contributed by atoms with Crippen LogP contribution in [0.15, 0.2) is 0 Å². The van der Waals surface area contributed by atoms with E-state index >= 15 is 0 Å². The van der Waals surface area contributed by atoms with Gasteiger partial charge in [0.2, 0.25) is 0 Å². The highest BCUT2D eigenvalue weighted by Gasteiger charge is 2.38. The molecule has 0 heterocycles. The van der Waals surface area contributed by atoms with Gasteiger partial charge in [-0.25, -0.2) is 0 Å². The van der Waals surface area contributed by atoms with Crippen molar-refractivity contribution in [3.05, 3.63) is 0 Å². The molecule has 0 saturated heterocycles. The summed E-state index contributed by atoms with van der Waals surface area (Å²) in [7, 11) is 0. The minimum Gasteiger partial charge on any atom is -0.394 e. The third-order valence-corrected chi connectivity index (χ3v) is 2.79. The number of hydrogen-bond donors (Lipinski definition) is 6. The lowest BCUT2D eigenvalue weighted by atomic mass is 9.93. The highest BCUT2D eigenvalue weighted by atomic mass is 16.4. The number of ketones is 2. The first kappa shape index (κ1) is 17.2. The van der Waals surface area contributed by atoms with Crippen LogP contribution in [0.25, 0.3) is 0 Å². The first-order valence-electron chi connectivity index (χ1n) is 6.75. The Kier molecular flexibility index (Phi) is 7.20. The van der Waals surface area contributed by atoms with Gasteiger partial charge in [-0.05, 0) is 12.3 Å². The normalized spacial score (nSPS) is 19.9. The van der Waals surface area contributed by atoms with Crippen LogP contribution in [-0.2, 0) is 9.59 Å². The van der Waals surface area contributed by atoms with Crippen LogP contribution in [0, 0.1) is 5.92 Å². The van der Waals surface area contributed by atoms with Crippen molar-refractivity contribution in [2.24, 2.45) is 11.6 Å². The molecule has 5 atom stereocenters. The maximum atomic E-state index is 11.9. The van der Waals surface area contributed by atoms with E-state index in [2.05, 4.69) is 0 Å². The summed E-state index contributed by atoms with van der Waals surface area (Å²) >= 11 is 0. The van der Waals surface area contributed by atoms with E-state index in [1.54, 1.807) is 13.8 Å². The zero-order chi connectivity index (χ0) is 16.7. The molecule has 1 unspecified atom stereocenters. The van der Waals surface area contributed by atoms with E-state index in [0.29, 0.717) is 0 Å². The molecule has 0 amide bonds. The van der Waals surface area contributed by atoms with Gasteiger partial charge in [0.25, 0.3) is 0 Å². The summed E-state index contributed by atoms with van der Waals surface area (Å²) in [4.78, 5) is 23.5. The van der Waals surface area contributed by atoms with Gasteiger partial charge in [-0.2, -0.15) is 0 Å². The van der Waals surface area contributed by atoms with Crippen molar-refractivity contribution in [2.45, 2.75) is 50.7 Å². The molecule has 118 valence electrons. The van der Waals surface area contributed by atoms with Crippen LogP contribution in [0.5, 0.6) is 0 Å². The van der Waals surface area contributed by atoms with E-state index < -0.39 is 48.6 Å². The first-order valence-corrected chi connectivity index (χ1v) is 6.25. The molecular formula is C12H23NO7. The molecule has 0 bridgehead atoms. The third kappa shape index (κ3) is 5.23. The Morgan fingerprint density at radius 2 is 1.70 bits per heavy atom. The molecule has 0 aliphatic heterocycles. The van der Waals surface area contributed by atoms with Crippen molar-refractivity contribution < 1.29 is 36.5 Å². The molecule has 0 spiro atoms. The van der Waals surface area contributed by atoms with E-state index in [4.69, 9.17) is 11.6 Å². The molecule has 0 fully saturated rings. The number of carbonyl (C=O) groups is 2. The van der Waals surface area contributed by atoms with Crippen LogP contribution in [0.1, 0.15) is 20.3 Å². The fourth-order valence-electron chi connectivity index (χ4n) is 1.57. The molecule has 0 aromatic rings. The maximum absolute atomic E-state index is 11.9. The molecule has 20 heavy (non-hydrogen) atoms. The first-order chi connectivity index (χ1) is 9.67. The van der Waals surface area contributed by atoms with Crippen molar-refractivity contribution >= 4 is 11.6 Å². The molecular weight excluding hydrogens is 270 g/mol. The van der Waals surface area contributed by atoms with Gasteiger partial charge in [0, 0.05) is 0 Å². The summed E-state index contributed by atoms with van der Waals surface area (Å²) in [6.45, 7) is 2.66. The predicted octanol–water partition coefficient (Wildman–Crippen LogP) is -3.07. The second kappa shape index (κ2) is 8.40. The van der Waals surface area contributed by atoms with Gasteiger partial charge in [0.15, 0.2) is 17.7 Å². The number of aliphatic hydroxyl groups excluding tert-OH is 5. The number of Topliss-reactive ketones (excluding diaryl/α,β-unsaturated/α-hetero) is 2. The number of hydrogen-bond acceptors (Lipinski definition) is 8. The number of rotatable bonds is 10. The summed E-state index contributed by atoms with van der Waals surface area (Å²) in [6.07, 6.45) is -8.08. The van der Waals surface area contributed by atoms with Gasteiger partial charge in [0.1, 0.15) is 19.7 Å². The molecule has 8 nitrogen and oxygen atoms in total. The summed E-state index contributed by atoms with van der Waals surface area (Å²) in [5.74, 6) is -2.39. The second-order valence-corrected chi connectivity index (χ2v) is 5.07. The topological polar surface area (TPSA) is 161 Å². The summed E-state index contributed by atoms with van der Waals surface area (Å²) in [5.41, 5.74) is 1.93. The Labute approximate surface area is 118 Å². The lowest BCUT2D eigenvalue weighted by molar-refractivity contribution is -0.153. The molecule has 8 heteroatoms. The van der Waals surface area contributed by atoms with Crippen LogP contribution in [0.2, 0.25) is 1.41 Å². The molecule has 0 aliphatic carbocycles. The van der Waals surface area contributed by atoms with Gasteiger partial charge >= 0.3 is 0 Å². The fourth-order valence-corrected chi connectivity index (χ4v) is 1.57. The Balaban J connectivity index is 4.85. The van der Waals surface area contributed by atoms with Crippen LogP contribution in [0.3, 0.4) is 0 Å². The second-order valence-electron chi connectivity index (χ2n) is 5.07. The average molecular weight is 294 g/mol. The number of aliphatic hydroxyl groups is 5. The van der Waals surface area contributed by atoms with Crippen LogP contribution in [-0.4, -0.2) is 74.2 Å². The monoisotopic (exact) mass is 294 g/mol. The van der Waals surface area contributed by atoms with E-state index in [1.165, 1.54) is 0 Å². The molecule has 0 radical (unpaired) electrons. The van der Waals surface area contributed by atoms with Gasteiger partial charge in [-0.15, -0.1) is 0 Å². The highest BCUT2D eigenvalue weighted by molar-refractivity contribution is 6.08. The largest absolute Gasteiger partial charge is 0.394 e. The Hall–Kier alpha value is -0.900. The lowest BCUT2D eigenvalue weighted by Gasteiger charge is -2.23. The Morgan fingerprint density at radius 3 is 2.10 bits per heavy atom. The zero-order valence-corrected chi connectivity index (χ0v) is 11.4. The Morgan fingerprint density at radius 1 is 1.15 bits per heavy atom. The average Bonchev–Trinajstić information content (AvgIpc) is 2.47. The van der Waals surface area contributed by atoms with E-state index in [1.807, 2.05) is 5.73 Å². The minimum absolute atomic E-state index is 0.0193. The minimum atomic E-state index is -2.23. The lowest BCUT2D eigenvalue weighted by Crippen LogP contribution is -2.52. The highest BCUT2D eigenvalue weighted by Crippen LogP contribution is 2.09. The molecule has 0 aromatic heterocycles. The molecule has 0 rings (SSSR count). The molecule has 0 saturated carbocycles. The number of carbonyl (C=O) groups excluding carboxylic acids is 2. The summed E-state index contributed by atoms with van der Waals surface area (Å²) in [5, 5.41) is 46.2. The summed E-state index contributed by atoms with van der Waals surface area (Å²) in [6, 6.07) is -1.10. The van der Waals surface area contributed by atoms with E-state index in [-0.39, 0.29) is 12.3 Å². The van der Waals surface area contributed by atoms with Gasteiger partial charge in [-0.1, -0.05) is 13.8 Å². The smallest absolute Gasteiger partial charge is 0.200 e. The van der Waals surface area contributed by atoms with Crippen LogP contribution < -0.4 is 5.73 Å². The number of nitrogens with two attached hydrogens (primary N) is 1. The summed E-state index contributed by atoms with van der Waals surface area (Å²) < 4.78 is 7.03. The van der Waals surface area contributed by atoms with Gasteiger partial charge in [0.05, 0.1) is 12.6 Å². The van der Waals surface area contributed by atoms with Crippen molar-refractivity contribution in [3.63, 3.8) is 0 Å². The van der Waals surface area contributed by atoms with Crippen molar-refractivity contribution in [1.29, 1.82) is 0 Å².